The maximum atomic E-state index is 12.1. The van der Waals surface area contributed by atoms with Gasteiger partial charge in [-0.05, 0) is 41.3 Å². The predicted molar refractivity (Wildman–Crippen MR) is 96.6 cm³/mol. The Kier molecular flexibility index (Phi) is 5.98. The molecule has 1 aromatic heterocycles. The Hall–Kier alpha value is -2.60. The maximum Gasteiger partial charge on any atom is 0.237 e. The van der Waals surface area contributed by atoms with Crippen molar-refractivity contribution in [3.05, 3.63) is 48.2 Å². The fourth-order valence-corrected chi connectivity index (χ4v) is 2.07. The number of rotatable bonds is 6. The molecule has 0 spiro atoms. The average molecular weight is 343 g/mol. The number of carbonyl (C=O) groups is 1. The minimum absolute atomic E-state index is 0.179. The molecule has 6 heteroatoms. The lowest BCUT2D eigenvalue weighted by atomic mass is 9.87. The number of nitrogens with one attached hydrogen (secondary N) is 1. The van der Waals surface area contributed by atoms with Crippen LogP contribution < -0.4 is 20.5 Å². The number of hydrogen-bond donors (Lipinski definition) is 2. The topological polar surface area (TPSA) is 86.5 Å². The zero-order valence-corrected chi connectivity index (χ0v) is 15.1. The van der Waals surface area contributed by atoms with Crippen LogP contribution >= 0.6 is 0 Å². The van der Waals surface area contributed by atoms with E-state index in [0.717, 1.165) is 11.3 Å². The first-order chi connectivity index (χ1) is 11.8. The highest BCUT2D eigenvalue weighted by Crippen LogP contribution is 2.23. The molecule has 25 heavy (non-hydrogen) atoms. The standard InChI is InChI=1S/C19H25N3O3/c1-19(2,3)17(20)18(23)22-12-13-9-10-21-16(11-13)25-15-7-5-14(24-4)6-8-15/h5-11,17H,12,20H2,1-4H3,(H,22,23)/t17-/m1/s1. The van der Waals surface area contributed by atoms with Crippen molar-refractivity contribution in [2.75, 3.05) is 7.11 Å². The Bertz CT molecular complexity index is 709. The third kappa shape index (κ3) is 5.46. The molecule has 1 amide bonds. The summed E-state index contributed by atoms with van der Waals surface area (Å²) >= 11 is 0. The molecule has 3 N–H and O–H groups in total. The SMILES string of the molecule is COc1ccc(Oc2cc(CNC(=O)[C@@H](N)C(C)(C)C)ccn2)cc1. The van der Waals surface area contributed by atoms with Crippen molar-refractivity contribution in [3.63, 3.8) is 0 Å². The second-order valence-corrected chi connectivity index (χ2v) is 6.84. The quantitative estimate of drug-likeness (QED) is 0.842. The molecule has 134 valence electrons. The number of aromatic nitrogens is 1. The molecule has 0 saturated carbocycles. The zero-order valence-electron chi connectivity index (χ0n) is 15.1. The number of pyridine rings is 1. The number of ether oxygens (including phenoxy) is 2. The molecule has 0 aliphatic carbocycles. The van der Waals surface area contributed by atoms with E-state index >= 15 is 0 Å². The number of nitrogens with two attached hydrogens (primary N) is 1. The molecule has 0 radical (unpaired) electrons. The predicted octanol–water partition coefficient (Wildman–Crippen LogP) is 2.87. The van der Waals surface area contributed by atoms with E-state index in [1.165, 1.54) is 0 Å². The molecule has 2 aromatic rings. The summed E-state index contributed by atoms with van der Waals surface area (Å²) in [6, 6.07) is 10.3. The summed E-state index contributed by atoms with van der Waals surface area (Å²) in [5, 5.41) is 2.85. The maximum absolute atomic E-state index is 12.1. The van der Waals surface area contributed by atoms with Gasteiger partial charge in [-0.3, -0.25) is 4.79 Å². The lowest BCUT2D eigenvalue weighted by Crippen LogP contribution is -2.48. The van der Waals surface area contributed by atoms with Crippen molar-refractivity contribution in [3.8, 4) is 17.4 Å². The van der Waals surface area contributed by atoms with Gasteiger partial charge >= 0.3 is 0 Å². The van der Waals surface area contributed by atoms with Crippen molar-refractivity contribution in [2.24, 2.45) is 11.1 Å². The summed E-state index contributed by atoms with van der Waals surface area (Å²) in [4.78, 5) is 16.3. The minimum atomic E-state index is -0.565. The Morgan fingerprint density at radius 1 is 1.20 bits per heavy atom. The molecule has 0 aliphatic heterocycles. The van der Waals surface area contributed by atoms with Crippen molar-refractivity contribution >= 4 is 5.91 Å². The van der Waals surface area contributed by atoms with Crippen LogP contribution in [-0.4, -0.2) is 24.0 Å². The van der Waals surface area contributed by atoms with Crippen LogP contribution in [0.2, 0.25) is 0 Å². The monoisotopic (exact) mass is 343 g/mol. The average Bonchev–Trinajstić information content (AvgIpc) is 2.59. The summed E-state index contributed by atoms with van der Waals surface area (Å²) in [6.45, 7) is 6.17. The van der Waals surface area contributed by atoms with Gasteiger partial charge in [-0.15, -0.1) is 0 Å². The normalized spacial score (nSPS) is 12.4. The Morgan fingerprint density at radius 3 is 2.44 bits per heavy atom. The molecular weight excluding hydrogens is 318 g/mol. The summed E-state index contributed by atoms with van der Waals surface area (Å²) in [5.74, 6) is 1.69. The molecule has 0 fully saturated rings. The lowest BCUT2D eigenvalue weighted by Gasteiger charge is -2.25. The van der Waals surface area contributed by atoms with E-state index in [4.69, 9.17) is 15.2 Å². The Morgan fingerprint density at radius 2 is 1.84 bits per heavy atom. The number of carbonyl (C=O) groups excluding carboxylic acids is 1. The Labute approximate surface area is 148 Å². The van der Waals surface area contributed by atoms with Gasteiger partial charge < -0.3 is 20.5 Å². The van der Waals surface area contributed by atoms with Crippen LogP contribution in [0.4, 0.5) is 0 Å². The summed E-state index contributed by atoms with van der Waals surface area (Å²) < 4.78 is 10.8. The molecule has 0 saturated heterocycles. The fourth-order valence-electron chi connectivity index (χ4n) is 2.07. The van der Waals surface area contributed by atoms with E-state index in [1.54, 1.807) is 31.5 Å². The third-order valence-corrected chi connectivity index (χ3v) is 3.76. The molecule has 1 heterocycles. The summed E-state index contributed by atoms with van der Waals surface area (Å²) in [6.07, 6.45) is 1.64. The number of amides is 1. The van der Waals surface area contributed by atoms with E-state index < -0.39 is 6.04 Å². The van der Waals surface area contributed by atoms with Crippen molar-refractivity contribution in [2.45, 2.75) is 33.4 Å². The van der Waals surface area contributed by atoms with Gasteiger partial charge in [-0.2, -0.15) is 0 Å². The van der Waals surface area contributed by atoms with E-state index in [9.17, 15) is 4.79 Å². The van der Waals surface area contributed by atoms with E-state index in [-0.39, 0.29) is 11.3 Å². The Balaban J connectivity index is 1.97. The molecule has 0 bridgehead atoms. The van der Waals surface area contributed by atoms with E-state index in [1.807, 2.05) is 39.0 Å². The molecule has 1 aromatic carbocycles. The van der Waals surface area contributed by atoms with Crippen LogP contribution in [0.25, 0.3) is 0 Å². The zero-order chi connectivity index (χ0) is 18.4. The van der Waals surface area contributed by atoms with Gasteiger partial charge in [0.05, 0.1) is 13.2 Å². The summed E-state index contributed by atoms with van der Waals surface area (Å²) in [7, 11) is 1.61. The van der Waals surface area contributed by atoms with Crippen LogP contribution in [0.3, 0.4) is 0 Å². The van der Waals surface area contributed by atoms with Gasteiger partial charge in [-0.1, -0.05) is 20.8 Å². The smallest absolute Gasteiger partial charge is 0.237 e. The van der Waals surface area contributed by atoms with Gasteiger partial charge in [-0.25, -0.2) is 4.98 Å². The number of methoxy groups -OCH3 is 1. The van der Waals surface area contributed by atoms with Crippen LogP contribution in [0.15, 0.2) is 42.6 Å². The van der Waals surface area contributed by atoms with Crippen LogP contribution in [0, 0.1) is 5.41 Å². The van der Waals surface area contributed by atoms with Gasteiger partial charge in [0.15, 0.2) is 0 Å². The number of benzene rings is 1. The van der Waals surface area contributed by atoms with Gasteiger partial charge in [0, 0.05) is 18.8 Å². The molecule has 0 aliphatic rings. The van der Waals surface area contributed by atoms with Gasteiger partial charge in [0.25, 0.3) is 0 Å². The second-order valence-electron chi connectivity index (χ2n) is 6.84. The van der Waals surface area contributed by atoms with Crippen molar-refractivity contribution in [1.29, 1.82) is 0 Å². The first-order valence-electron chi connectivity index (χ1n) is 8.10. The van der Waals surface area contributed by atoms with Crippen LogP contribution in [0.1, 0.15) is 26.3 Å². The van der Waals surface area contributed by atoms with Crippen molar-refractivity contribution in [1.82, 2.24) is 10.3 Å². The van der Waals surface area contributed by atoms with Gasteiger partial charge in [0.1, 0.15) is 11.5 Å². The minimum Gasteiger partial charge on any atom is -0.497 e. The first kappa shape index (κ1) is 18.7. The highest BCUT2D eigenvalue weighted by Gasteiger charge is 2.27. The highest BCUT2D eigenvalue weighted by molar-refractivity contribution is 5.82. The first-order valence-corrected chi connectivity index (χ1v) is 8.10. The molecule has 2 rings (SSSR count). The molecule has 0 unspecified atom stereocenters. The van der Waals surface area contributed by atoms with Crippen LogP contribution in [-0.2, 0) is 11.3 Å². The number of nitrogens with zero attached hydrogens (tertiary/aromatic N) is 1. The highest BCUT2D eigenvalue weighted by atomic mass is 16.5. The second kappa shape index (κ2) is 7.98. The van der Waals surface area contributed by atoms with Crippen LogP contribution in [0.5, 0.6) is 17.4 Å². The number of hydrogen-bond acceptors (Lipinski definition) is 5. The summed E-state index contributed by atoms with van der Waals surface area (Å²) in [5.41, 5.74) is 6.55. The molecular formula is C19H25N3O3. The van der Waals surface area contributed by atoms with E-state index in [0.29, 0.717) is 18.2 Å². The van der Waals surface area contributed by atoms with Crippen molar-refractivity contribution < 1.29 is 14.3 Å². The third-order valence-electron chi connectivity index (χ3n) is 3.76. The largest absolute Gasteiger partial charge is 0.497 e. The van der Waals surface area contributed by atoms with Gasteiger partial charge in [0.2, 0.25) is 11.8 Å². The fraction of sp³-hybridized carbons (Fsp3) is 0.368. The lowest BCUT2D eigenvalue weighted by molar-refractivity contribution is -0.124. The van der Waals surface area contributed by atoms with E-state index in [2.05, 4.69) is 10.3 Å². The molecule has 6 nitrogen and oxygen atoms in total. The molecule has 1 atom stereocenters.